The maximum Gasteiger partial charge on any atom is 0.224 e. The number of benzene rings is 2. The van der Waals surface area contributed by atoms with E-state index in [1.54, 1.807) is 0 Å². The lowest BCUT2D eigenvalue weighted by Gasteiger charge is -2.10. The number of anilines is 1. The van der Waals surface area contributed by atoms with E-state index in [9.17, 15) is 4.79 Å². The molecule has 22 heavy (non-hydrogen) atoms. The van der Waals surface area contributed by atoms with Gasteiger partial charge in [0.1, 0.15) is 5.75 Å². The Morgan fingerprint density at radius 2 is 1.95 bits per heavy atom. The van der Waals surface area contributed by atoms with Gasteiger partial charge in [-0.3, -0.25) is 4.79 Å². The van der Waals surface area contributed by atoms with Gasteiger partial charge in [0.05, 0.1) is 6.61 Å². The van der Waals surface area contributed by atoms with E-state index in [2.05, 4.69) is 12.2 Å². The second-order valence-electron chi connectivity index (χ2n) is 5.33. The van der Waals surface area contributed by atoms with Gasteiger partial charge < -0.3 is 10.1 Å². The summed E-state index contributed by atoms with van der Waals surface area (Å²) >= 11 is 0. The summed E-state index contributed by atoms with van der Waals surface area (Å²) in [7, 11) is 0. The minimum Gasteiger partial charge on any atom is -0.494 e. The Bertz CT molecular complexity index is 622. The van der Waals surface area contributed by atoms with Crippen LogP contribution in [-0.4, -0.2) is 12.5 Å². The summed E-state index contributed by atoms with van der Waals surface area (Å²) in [6, 6.07) is 15.9. The zero-order valence-corrected chi connectivity index (χ0v) is 13.3. The quantitative estimate of drug-likeness (QED) is 0.771. The van der Waals surface area contributed by atoms with Crippen LogP contribution >= 0.6 is 0 Å². The third kappa shape index (κ3) is 4.92. The fraction of sp³-hybridized carbons (Fsp3) is 0.316. The average molecular weight is 297 g/mol. The Balaban J connectivity index is 1.74. The van der Waals surface area contributed by atoms with Crippen LogP contribution in [0.15, 0.2) is 48.5 Å². The summed E-state index contributed by atoms with van der Waals surface area (Å²) in [5.41, 5.74) is 3.24. The van der Waals surface area contributed by atoms with E-state index in [4.69, 9.17) is 4.74 Å². The maximum atomic E-state index is 12.0. The Labute approximate surface area is 132 Å². The summed E-state index contributed by atoms with van der Waals surface area (Å²) in [6.07, 6.45) is 2.07. The molecule has 3 heteroatoms. The van der Waals surface area contributed by atoms with Gasteiger partial charge in [-0.05, 0) is 49.1 Å². The predicted molar refractivity (Wildman–Crippen MR) is 90.4 cm³/mol. The summed E-state index contributed by atoms with van der Waals surface area (Å²) in [4.78, 5) is 12.0. The largest absolute Gasteiger partial charge is 0.494 e. The van der Waals surface area contributed by atoms with Gasteiger partial charge in [-0.25, -0.2) is 0 Å². The molecule has 0 atom stereocenters. The normalized spacial score (nSPS) is 10.3. The van der Waals surface area contributed by atoms with Crippen LogP contribution in [0.3, 0.4) is 0 Å². The van der Waals surface area contributed by atoms with Crippen LogP contribution in [0.5, 0.6) is 5.75 Å². The predicted octanol–water partition coefficient (Wildman–Crippen LogP) is 4.36. The number of carbonyl (C=O) groups is 1. The van der Waals surface area contributed by atoms with Crippen molar-refractivity contribution in [2.24, 2.45) is 0 Å². The van der Waals surface area contributed by atoms with Crippen molar-refractivity contribution in [3.8, 4) is 5.75 Å². The molecule has 0 radical (unpaired) electrons. The third-order valence-electron chi connectivity index (χ3n) is 3.48. The summed E-state index contributed by atoms with van der Waals surface area (Å²) in [5.74, 6) is 0.894. The lowest BCUT2D eigenvalue weighted by atomic mass is 10.1. The minimum atomic E-state index is 0.0359. The third-order valence-corrected chi connectivity index (χ3v) is 3.48. The summed E-state index contributed by atoms with van der Waals surface area (Å²) in [5, 5.41) is 2.97. The average Bonchev–Trinajstić information content (AvgIpc) is 2.52. The van der Waals surface area contributed by atoms with Gasteiger partial charge in [-0.1, -0.05) is 37.3 Å². The highest BCUT2D eigenvalue weighted by Gasteiger charge is 2.05. The second kappa shape index (κ2) is 8.23. The molecule has 0 aromatic heterocycles. The van der Waals surface area contributed by atoms with E-state index in [0.29, 0.717) is 19.4 Å². The summed E-state index contributed by atoms with van der Waals surface area (Å²) < 4.78 is 5.65. The Kier molecular flexibility index (Phi) is 6.01. The molecule has 0 aliphatic rings. The van der Waals surface area contributed by atoms with Crippen molar-refractivity contribution in [1.29, 1.82) is 0 Å². The summed E-state index contributed by atoms with van der Waals surface area (Å²) in [6.45, 7) is 4.67. The Morgan fingerprint density at radius 3 is 2.73 bits per heavy atom. The van der Waals surface area contributed by atoms with Gasteiger partial charge in [-0.2, -0.15) is 0 Å². The topological polar surface area (TPSA) is 38.3 Å². The molecule has 116 valence electrons. The van der Waals surface area contributed by atoms with Crippen LogP contribution in [0.25, 0.3) is 0 Å². The van der Waals surface area contributed by atoms with Crippen molar-refractivity contribution < 1.29 is 9.53 Å². The fourth-order valence-electron chi connectivity index (χ4n) is 2.29. The van der Waals surface area contributed by atoms with Crippen molar-refractivity contribution in [3.63, 3.8) is 0 Å². The first-order valence-corrected chi connectivity index (χ1v) is 7.76. The van der Waals surface area contributed by atoms with Gasteiger partial charge in [0, 0.05) is 12.1 Å². The molecule has 0 aliphatic heterocycles. The molecular formula is C19H23NO2. The molecule has 1 amide bonds. The van der Waals surface area contributed by atoms with Gasteiger partial charge in [0.2, 0.25) is 5.91 Å². The number of nitrogens with one attached hydrogen (secondary N) is 1. The standard InChI is InChI=1S/C19H23NO2/c1-3-16-9-4-5-11-18(16)20-19(21)12-7-13-22-17-10-6-8-15(2)14-17/h4-6,8-11,14H,3,7,12-13H2,1-2H3,(H,20,21). The van der Waals surface area contributed by atoms with E-state index in [-0.39, 0.29) is 5.91 Å². The molecular weight excluding hydrogens is 274 g/mol. The van der Waals surface area contributed by atoms with Gasteiger partial charge in [0.15, 0.2) is 0 Å². The Morgan fingerprint density at radius 1 is 1.14 bits per heavy atom. The highest BCUT2D eigenvalue weighted by molar-refractivity contribution is 5.91. The molecule has 2 aromatic carbocycles. The monoisotopic (exact) mass is 297 g/mol. The van der Waals surface area contributed by atoms with Gasteiger partial charge >= 0.3 is 0 Å². The first kappa shape index (κ1) is 16.1. The van der Waals surface area contributed by atoms with E-state index in [1.165, 1.54) is 5.56 Å². The van der Waals surface area contributed by atoms with E-state index < -0.39 is 0 Å². The number of amides is 1. The van der Waals surface area contributed by atoms with E-state index in [1.807, 2.05) is 55.5 Å². The smallest absolute Gasteiger partial charge is 0.224 e. The molecule has 0 saturated heterocycles. The molecule has 3 nitrogen and oxygen atoms in total. The van der Waals surface area contributed by atoms with Crippen LogP contribution < -0.4 is 10.1 Å². The highest BCUT2D eigenvalue weighted by atomic mass is 16.5. The molecule has 2 aromatic rings. The van der Waals surface area contributed by atoms with Crippen LogP contribution in [0.2, 0.25) is 0 Å². The second-order valence-corrected chi connectivity index (χ2v) is 5.33. The van der Waals surface area contributed by atoms with E-state index >= 15 is 0 Å². The number of hydrogen-bond donors (Lipinski definition) is 1. The number of hydrogen-bond acceptors (Lipinski definition) is 2. The molecule has 1 N–H and O–H groups in total. The molecule has 0 bridgehead atoms. The number of carbonyl (C=O) groups excluding carboxylic acids is 1. The van der Waals surface area contributed by atoms with Crippen LogP contribution in [0, 0.1) is 6.92 Å². The van der Waals surface area contributed by atoms with Crippen LogP contribution in [0.4, 0.5) is 5.69 Å². The zero-order chi connectivity index (χ0) is 15.8. The zero-order valence-electron chi connectivity index (χ0n) is 13.3. The molecule has 0 unspecified atom stereocenters. The molecule has 2 rings (SSSR count). The van der Waals surface area contributed by atoms with Crippen molar-refractivity contribution in [2.75, 3.05) is 11.9 Å². The van der Waals surface area contributed by atoms with Crippen molar-refractivity contribution in [3.05, 3.63) is 59.7 Å². The van der Waals surface area contributed by atoms with Crippen molar-refractivity contribution in [2.45, 2.75) is 33.1 Å². The molecule has 0 spiro atoms. The van der Waals surface area contributed by atoms with Crippen molar-refractivity contribution >= 4 is 11.6 Å². The Hall–Kier alpha value is -2.29. The van der Waals surface area contributed by atoms with Gasteiger partial charge in [0.25, 0.3) is 0 Å². The molecule has 0 aliphatic carbocycles. The number of rotatable bonds is 7. The lowest BCUT2D eigenvalue weighted by Crippen LogP contribution is -2.14. The van der Waals surface area contributed by atoms with Gasteiger partial charge in [-0.15, -0.1) is 0 Å². The SMILES string of the molecule is CCc1ccccc1NC(=O)CCCOc1cccc(C)c1. The highest BCUT2D eigenvalue weighted by Crippen LogP contribution is 2.16. The van der Waals surface area contributed by atoms with Crippen molar-refractivity contribution in [1.82, 2.24) is 0 Å². The fourth-order valence-corrected chi connectivity index (χ4v) is 2.29. The lowest BCUT2D eigenvalue weighted by molar-refractivity contribution is -0.116. The molecule has 0 heterocycles. The minimum absolute atomic E-state index is 0.0359. The molecule has 0 saturated carbocycles. The molecule has 0 fully saturated rings. The first-order chi connectivity index (χ1) is 10.7. The number of para-hydroxylation sites is 1. The number of ether oxygens (including phenoxy) is 1. The van der Waals surface area contributed by atoms with Crippen LogP contribution in [0.1, 0.15) is 30.9 Å². The van der Waals surface area contributed by atoms with Crippen LogP contribution in [-0.2, 0) is 11.2 Å². The van der Waals surface area contributed by atoms with E-state index in [0.717, 1.165) is 23.4 Å². The first-order valence-electron chi connectivity index (χ1n) is 7.76. The number of aryl methyl sites for hydroxylation is 2. The maximum absolute atomic E-state index is 12.0.